The monoisotopic (exact) mass is 513 g/mol. The highest BCUT2D eigenvalue weighted by Crippen LogP contribution is 2.42. The molecule has 0 saturated heterocycles. The molecule has 1 amide bonds. The van der Waals surface area contributed by atoms with E-state index in [1.54, 1.807) is 51.1 Å². The summed E-state index contributed by atoms with van der Waals surface area (Å²) in [5.41, 5.74) is 1.42. The maximum atomic E-state index is 13.0. The molecule has 0 aromatic heterocycles. The first-order valence-electron chi connectivity index (χ1n) is 9.35. The standard InChI is InChI=1S/C22H25BrClNO6/c1-22(2,3)31-21(27)25(11-7-10-24)16-12-17(30-13-28-4)18-14(19(16)23)8-6-9-15(18)20(26)29-5/h6-10,12H,11,13H2,1-5H3/b10-7-. The molecular formula is C22H25BrClNO6. The fourth-order valence-corrected chi connectivity index (χ4v) is 3.58. The zero-order valence-electron chi connectivity index (χ0n) is 18.0. The summed E-state index contributed by atoms with van der Waals surface area (Å²) in [4.78, 5) is 26.7. The predicted octanol–water partition coefficient (Wildman–Crippen LogP) is 5.87. The molecule has 2 rings (SSSR count). The maximum absolute atomic E-state index is 13.0. The molecule has 31 heavy (non-hydrogen) atoms. The molecule has 2 aromatic rings. The Bertz CT molecular complexity index is 986. The Morgan fingerprint density at radius 3 is 2.52 bits per heavy atom. The van der Waals surface area contributed by atoms with E-state index < -0.39 is 17.7 Å². The molecular weight excluding hydrogens is 490 g/mol. The van der Waals surface area contributed by atoms with E-state index in [0.717, 1.165) is 0 Å². The van der Waals surface area contributed by atoms with Gasteiger partial charge in [0.15, 0.2) is 6.79 Å². The van der Waals surface area contributed by atoms with E-state index in [-0.39, 0.29) is 13.3 Å². The van der Waals surface area contributed by atoms with Gasteiger partial charge in [-0.2, -0.15) is 0 Å². The molecule has 168 valence electrons. The topological polar surface area (TPSA) is 74.3 Å². The van der Waals surface area contributed by atoms with Crippen LogP contribution in [0.25, 0.3) is 10.8 Å². The summed E-state index contributed by atoms with van der Waals surface area (Å²) in [6.07, 6.45) is 1.05. The Labute approximate surface area is 195 Å². The first kappa shape index (κ1) is 25.0. The maximum Gasteiger partial charge on any atom is 0.415 e. The second kappa shape index (κ2) is 10.8. The van der Waals surface area contributed by atoms with E-state index in [1.165, 1.54) is 24.7 Å². The number of anilines is 1. The molecule has 0 aliphatic heterocycles. The van der Waals surface area contributed by atoms with E-state index in [4.69, 9.17) is 30.5 Å². The van der Waals surface area contributed by atoms with Crippen molar-refractivity contribution in [1.82, 2.24) is 0 Å². The van der Waals surface area contributed by atoms with Crippen LogP contribution in [0.3, 0.4) is 0 Å². The second-order valence-electron chi connectivity index (χ2n) is 7.43. The summed E-state index contributed by atoms with van der Waals surface area (Å²) < 4.78 is 21.9. The number of nitrogens with zero attached hydrogens (tertiary/aromatic N) is 1. The Morgan fingerprint density at radius 2 is 1.94 bits per heavy atom. The molecule has 0 spiro atoms. The lowest BCUT2D eigenvalue weighted by Gasteiger charge is -2.28. The minimum Gasteiger partial charge on any atom is -0.467 e. The molecule has 0 atom stereocenters. The average Bonchev–Trinajstić information content (AvgIpc) is 2.72. The lowest BCUT2D eigenvalue weighted by atomic mass is 10.0. The Morgan fingerprint density at radius 1 is 1.23 bits per heavy atom. The van der Waals surface area contributed by atoms with Crippen molar-refractivity contribution in [3.05, 3.63) is 45.9 Å². The largest absolute Gasteiger partial charge is 0.467 e. The van der Waals surface area contributed by atoms with Crippen molar-refractivity contribution in [3.63, 3.8) is 0 Å². The zero-order valence-corrected chi connectivity index (χ0v) is 20.4. The number of ether oxygens (including phenoxy) is 4. The van der Waals surface area contributed by atoms with Crippen molar-refractivity contribution < 1.29 is 28.5 Å². The molecule has 0 aliphatic carbocycles. The van der Waals surface area contributed by atoms with Crippen molar-refractivity contribution in [2.45, 2.75) is 26.4 Å². The van der Waals surface area contributed by atoms with Crippen LogP contribution in [0.4, 0.5) is 10.5 Å². The highest BCUT2D eigenvalue weighted by Gasteiger charge is 2.27. The lowest BCUT2D eigenvalue weighted by molar-refractivity contribution is 0.0516. The fraction of sp³-hybridized carbons (Fsp3) is 0.364. The van der Waals surface area contributed by atoms with Gasteiger partial charge in [0.1, 0.15) is 11.4 Å². The van der Waals surface area contributed by atoms with Crippen LogP contribution in [0.5, 0.6) is 5.75 Å². The minimum atomic E-state index is -0.698. The van der Waals surface area contributed by atoms with Crippen molar-refractivity contribution in [2.24, 2.45) is 0 Å². The lowest BCUT2D eigenvalue weighted by Crippen LogP contribution is -2.37. The molecule has 0 unspecified atom stereocenters. The SMILES string of the molecule is COCOc1cc(N(C/C=C\Cl)C(=O)OC(C)(C)C)c(Br)c2cccc(C(=O)OC)c12. The highest BCUT2D eigenvalue weighted by atomic mass is 79.9. The smallest absolute Gasteiger partial charge is 0.415 e. The molecule has 7 nitrogen and oxygen atoms in total. The van der Waals surface area contributed by atoms with Crippen LogP contribution in [-0.4, -0.2) is 45.2 Å². The van der Waals surface area contributed by atoms with Crippen molar-refractivity contribution in [1.29, 1.82) is 0 Å². The number of amides is 1. The summed E-state index contributed by atoms with van der Waals surface area (Å²) in [5.74, 6) is -0.166. The van der Waals surface area contributed by atoms with Gasteiger partial charge in [-0.05, 0) is 42.8 Å². The molecule has 0 saturated carbocycles. The van der Waals surface area contributed by atoms with Crippen molar-refractivity contribution in [2.75, 3.05) is 32.5 Å². The quantitative estimate of drug-likeness (QED) is 0.340. The van der Waals surface area contributed by atoms with Gasteiger partial charge < -0.3 is 18.9 Å². The van der Waals surface area contributed by atoms with Gasteiger partial charge >= 0.3 is 12.1 Å². The van der Waals surface area contributed by atoms with Crippen LogP contribution < -0.4 is 9.64 Å². The van der Waals surface area contributed by atoms with E-state index >= 15 is 0 Å². The third-order valence-electron chi connectivity index (χ3n) is 4.06. The van der Waals surface area contributed by atoms with Gasteiger partial charge in [0.05, 0.1) is 18.4 Å². The van der Waals surface area contributed by atoms with Gasteiger partial charge in [0.25, 0.3) is 0 Å². The minimum absolute atomic E-state index is 0.0559. The van der Waals surface area contributed by atoms with E-state index in [2.05, 4.69) is 15.9 Å². The van der Waals surface area contributed by atoms with Gasteiger partial charge in [-0.15, -0.1) is 0 Å². The number of benzene rings is 2. The van der Waals surface area contributed by atoms with Crippen LogP contribution >= 0.6 is 27.5 Å². The number of hydrogen-bond acceptors (Lipinski definition) is 6. The molecule has 0 heterocycles. The number of esters is 1. The number of methoxy groups -OCH3 is 2. The van der Waals surface area contributed by atoms with Gasteiger partial charge in [0, 0.05) is 40.5 Å². The molecule has 9 heteroatoms. The van der Waals surface area contributed by atoms with Crippen LogP contribution in [0.2, 0.25) is 0 Å². The third kappa shape index (κ3) is 6.12. The van der Waals surface area contributed by atoms with Crippen molar-refractivity contribution >= 4 is 56.1 Å². The van der Waals surface area contributed by atoms with Gasteiger partial charge in [-0.25, -0.2) is 9.59 Å². The number of halogens is 2. The fourth-order valence-electron chi connectivity index (χ4n) is 2.84. The molecule has 0 radical (unpaired) electrons. The summed E-state index contributed by atoms with van der Waals surface area (Å²) in [5, 5.41) is 1.17. The van der Waals surface area contributed by atoms with Crippen LogP contribution in [0.15, 0.2) is 40.3 Å². The van der Waals surface area contributed by atoms with Crippen LogP contribution in [-0.2, 0) is 14.2 Å². The molecule has 2 aromatic carbocycles. The molecule has 0 fully saturated rings. The van der Waals surface area contributed by atoms with Gasteiger partial charge in [0.2, 0.25) is 0 Å². The summed E-state index contributed by atoms with van der Waals surface area (Å²) in [6, 6.07) is 6.81. The van der Waals surface area contributed by atoms with Crippen molar-refractivity contribution in [3.8, 4) is 5.75 Å². The average molecular weight is 515 g/mol. The number of rotatable bonds is 7. The highest BCUT2D eigenvalue weighted by molar-refractivity contribution is 9.10. The van der Waals surface area contributed by atoms with Crippen LogP contribution in [0.1, 0.15) is 31.1 Å². The Hall–Kier alpha value is -2.29. The van der Waals surface area contributed by atoms with E-state index in [1.807, 2.05) is 0 Å². The summed E-state index contributed by atoms with van der Waals surface area (Å²) in [7, 11) is 2.80. The summed E-state index contributed by atoms with van der Waals surface area (Å²) in [6.45, 7) is 5.45. The second-order valence-corrected chi connectivity index (χ2v) is 8.48. The van der Waals surface area contributed by atoms with Gasteiger partial charge in [-0.1, -0.05) is 29.8 Å². The van der Waals surface area contributed by atoms with Crippen LogP contribution in [0, 0.1) is 0 Å². The van der Waals surface area contributed by atoms with E-state index in [9.17, 15) is 9.59 Å². The normalized spacial score (nSPS) is 11.6. The first-order valence-corrected chi connectivity index (χ1v) is 10.6. The summed E-state index contributed by atoms with van der Waals surface area (Å²) >= 11 is 9.30. The molecule has 0 bridgehead atoms. The number of carbonyl (C=O) groups excluding carboxylic acids is 2. The Kier molecular flexibility index (Phi) is 8.73. The van der Waals surface area contributed by atoms with Gasteiger partial charge in [-0.3, -0.25) is 4.90 Å². The number of carbonyl (C=O) groups is 2. The first-order chi connectivity index (χ1) is 14.6. The Balaban J connectivity index is 2.77. The molecule has 0 aliphatic rings. The third-order valence-corrected chi connectivity index (χ3v) is 5.07. The predicted molar refractivity (Wildman–Crippen MR) is 124 cm³/mol. The zero-order chi connectivity index (χ0) is 23.2. The number of hydrogen-bond donors (Lipinski definition) is 0. The van der Waals surface area contributed by atoms with E-state index in [0.29, 0.717) is 32.2 Å². The number of fused-ring (bicyclic) bond motifs is 1. The molecule has 0 N–H and O–H groups in total.